The quantitative estimate of drug-likeness (QED) is 0.741. The van der Waals surface area contributed by atoms with Gasteiger partial charge >= 0.3 is 0 Å². The van der Waals surface area contributed by atoms with Gasteiger partial charge in [-0.1, -0.05) is 0 Å². The van der Waals surface area contributed by atoms with Gasteiger partial charge in [-0.2, -0.15) is 0 Å². The lowest BCUT2D eigenvalue weighted by Crippen LogP contribution is -2.32. The Labute approximate surface area is 158 Å². The summed E-state index contributed by atoms with van der Waals surface area (Å²) in [5.74, 6) is -0.213. The Morgan fingerprint density at radius 1 is 1.30 bits per heavy atom. The number of hydrogen-bond acceptors (Lipinski definition) is 6. The first-order chi connectivity index (χ1) is 13.0. The summed E-state index contributed by atoms with van der Waals surface area (Å²) in [4.78, 5) is 34.3. The molecule has 2 fully saturated rings. The molecule has 9 heteroatoms. The maximum absolute atomic E-state index is 14.9. The van der Waals surface area contributed by atoms with Gasteiger partial charge in [-0.15, -0.1) is 0 Å². The van der Waals surface area contributed by atoms with E-state index in [1.54, 1.807) is 0 Å². The number of fused-ring (bicyclic) bond motifs is 2. The van der Waals surface area contributed by atoms with Crippen molar-refractivity contribution >= 4 is 38.6 Å². The molecule has 1 aliphatic heterocycles. The van der Waals surface area contributed by atoms with E-state index >= 15 is 0 Å². The van der Waals surface area contributed by atoms with Crippen molar-refractivity contribution in [3.8, 4) is 0 Å². The van der Waals surface area contributed by atoms with E-state index in [2.05, 4.69) is 14.3 Å². The monoisotopic (exact) mass is 389 g/mol. The molecule has 1 N–H and O–H groups in total. The van der Waals surface area contributed by atoms with E-state index in [-0.39, 0.29) is 16.8 Å². The Hall–Kier alpha value is -2.26. The smallest absolute Gasteiger partial charge is 0.271 e. The first-order valence-corrected chi connectivity index (χ1v) is 9.94. The van der Waals surface area contributed by atoms with Gasteiger partial charge < -0.3 is 14.4 Å². The summed E-state index contributed by atoms with van der Waals surface area (Å²) in [6, 6.07) is 1.82. The van der Waals surface area contributed by atoms with Crippen molar-refractivity contribution < 1.29 is 4.39 Å². The van der Waals surface area contributed by atoms with Crippen LogP contribution in [0.25, 0.3) is 21.3 Å². The summed E-state index contributed by atoms with van der Waals surface area (Å²) < 4.78 is 19.5. The number of aromatic nitrogens is 3. The highest BCUT2D eigenvalue weighted by molar-refractivity contribution is 7.12. The number of halogens is 1. The molecule has 0 aromatic carbocycles. The second kappa shape index (κ2) is 5.87. The zero-order valence-corrected chi connectivity index (χ0v) is 16.0. The summed E-state index contributed by atoms with van der Waals surface area (Å²) in [5, 5.41) is 0.296. The van der Waals surface area contributed by atoms with Crippen LogP contribution in [0.5, 0.6) is 0 Å². The average molecular weight is 389 g/mol. The van der Waals surface area contributed by atoms with E-state index in [1.165, 1.54) is 6.07 Å². The zero-order valence-electron chi connectivity index (χ0n) is 15.2. The maximum Gasteiger partial charge on any atom is 0.271 e. The molecule has 0 radical (unpaired) electrons. The number of nitrogens with one attached hydrogen (secondary N) is 1. The first-order valence-electron chi connectivity index (χ1n) is 9.13. The minimum absolute atomic E-state index is 0.113. The molecule has 1 aliphatic carbocycles. The molecule has 4 heterocycles. The van der Waals surface area contributed by atoms with Gasteiger partial charge in [0, 0.05) is 25.2 Å². The lowest BCUT2D eigenvalue weighted by atomic mass is 10.2. The van der Waals surface area contributed by atoms with Crippen molar-refractivity contribution in [1.82, 2.24) is 18.8 Å². The van der Waals surface area contributed by atoms with Crippen LogP contribution in [0.2, 0.25) is 0 Å². The minimum atomic E-state index is -0.507. The number of rotatable bonds is 3. The van der Waals surface area contributed by atoms with Crippen molar-refractivity contribution in [3.05, 3.63) is 32.5 Å². The van der Waals surface area contributed by atoms with E-state index in [0.29, 0.717) is 28.9 Å². The molecule has 1 atom stereocenters. The van der Waals surface area contributed by atoms with Crippen LogP contribution in [0.1, 0.15) is 25.3 Å². The second-order valence-corrected chi connectivity index (χ2v) is 8.46. The van der Waals surface area contributed by atoms with Crippen molar-refractivity contribution in [1.29, 1.82) is 0 Å². The lowest BCUT2D eigenvalue weighted by molar-refractivity contribution is 0.315. The first kappa shape index (κ1) is 16.9. The van der Waals surface area contributed by atoms with Gasteiger partial charge in [0.25, 0.3) is 5.56 Å². The fourth-order valence-electron chi connectivity index (χ4n) is 3.96. The van der Waals surface area contributed by atoms with E-state index in [4.69, 9.17) is 0 Å². The van der Waals surface area contributed by atoms with Crippen LogP contribution < -0.4 is 15.9 Å². The number of pyridine rings is 2. The molecule has 3 aromatic heterocycles. The van der Waals surface area contributed by atoms with Crippen molar-refractivity contribution in [2.45, 2.75) is 31.3 Å². The highest BCUT2D eigenvalue weighted by atomic mass is 32.1. The van der Waals surface area contributed by atoms with Gasteiger partial charge in [0.15, 0.2) is 11.6 Å². The van der Waals surface area contributed by atoms with Crippen LogP contribution in [-0.4, -0.2) is 52.1 Å². The van der Waals surface area contributed by atoms with E-state index in [1.807, 2.05) is 23.6 Å². The lowest BCUT2D eigenvalue weighted by Gasteiger charge is -2.22. The molecule has 0 amide bonds. The third kappa shape index (κ3) is 2.52. The second-order valence-electron chi connectivity index (χ2n) is 7.66. The Balaban J connectivity index is 1.76. The fourth-order valence-corrected chi connectivity index (χ4v) is 4.88. The molecule has 0 spiro atoms. The Morgan fingerprint density at radius 3 is 2.74 bits per heavy atom. The molecular formula is C18H20FN5O2S. The zero-order chi connectivity index (χ0) is 18.9. The van der Waals surface area contributed by atoms with Gasteiger partial charge in [0.1, 0.15) is 15.9 Å². The summed E-state index contributed by atoms with van der Waals surface area (Å²) in [7, 11) is 4.04. The van der Waals surface area contributed by atoms with E-state index < -0.39 is 16.8 Å². The highest BCUT2D eigenvalue weighted by Crippen LogP contribution is 2.40. The molecule has 142 valence electrons. The van der Waals surface area contributed by atoms with E-state index in [0.717, 1.165) is 37.3 Å². The van der Waals surface area contributed by atoms with Crippen LogP contribution in [0, 0.1) is 5.82 Å². The van der Waals surface area contributed by atoms with Crippen LogP contribution in [0.3, 0.4) is 0 Å². The standard InChI is InChI=1S/C18H20FN5O2S/c1-22(2)10-5-6-23(8-10)16-12(19)7-11-14(25)13-17(26)21-27-18(13)24(9-3-4-9)15(11)20-16/h7,9-10H,3-6,8H2,1-2H3,(H,21,26). The molecule has 5 rings (SSSR count). The van der Waals surface area contributed by atoms with Crippen molar-refractivity contribution in [3.63, 3.8) is 0 Å². The summed E-state index contributed by atoms with van der Waals surface area (Å²) in [6.07, 6.45) is 2.89. The van der Waals surface area contributed by atoms with E-state index in [9.17, 15) is 14.0 Å². The Morgan fingerprint density at radius 2 is 2.07 bits per heavy atom. The summed E-state index contributed by atoms with van der Waals surface area (Å²) in [6.45, 7) is 1.43. The topological polar surface area (TPSA) is 74.2 Å². The Bertz CT molecular complexity index is 1180. The molecule has 27 heavy (non-hydrogen) atoms. The van der Waals surface area contributed by atoms with Gasteiger partial charge in [0.2, 0.25) is 5.43 Å². The molecular weight excluding hydrogens is 369 g/mol. The number of nitrogens with zero attached hydrogens (tertiary/aromatic N) is 4. The van der Waals surface area contributed by atoms with Crippen molar-refractivity contribution in [2.24, 2.45) is 0 Å². The molecule has 3 aromatic rings. The molecule has 2 aliphatic rings. The minimum Gasteiger partial charge on any atom is -0.352 e. The fraction of sp³-hybridized carbons (Fsp3) is 0.500. The van der Waals surface area contributed by atoms with Crippen molar-refractivity contribution in [2.75, 3.05) is 32.1 Å². The molecule has 7 nitrogen and oxygen atoms in total. The Kier molecular flexibility index (Phi) is 3.67. The largest absolute Gasteiger partial charge is 0.352 e. The van der Waals surface area contributed by atoms with Crippen LogP contribution in [-0.2, 0) is 0 Å². The number of hydrogen-bond donors (Lipinski definition) is 1. The van der Waals surface area contributed by atoms with Gasteiger partial charge in [0.05, 0.1) is 5.39 Å². The molecule has 1 saturated carbocycles. The molecule has 0 bridgehead atoms. The third-order valence-electron chi connectivity index (χ3n) is 5.64. The number of anilines is 1. The number of likely N-dealkylation sites (N-methyl/N-ethyl adjacent to an activating group) is 1. The highest BCUT2D eigenvalue weighted by Gasteiger charge is 2.32. The summed E-state index contributed by atoms with van der Waals surface area (Å²) in [5.41, 5.74) is -0.367. The van der Waals surface area contributed by atoms with Crippen LogP contribution >= 0.6 is 11.5 Å². The van der Waals surface area contributed by atoms with Crippen LogP contribution in [0.15, 0.2) is 15.7 Å². The third-order valence-corrected chi connectivity index (χ3v) is 6.52. The number of H-pyrrole nitrogens is 1. The molecule has 1 unspecified atom stereocenters. The van der Waals surface area contributed by atoms with Gasteiger partial charge in [-0.05, 0) is 51.0 Å². The predicted molar refractivity (Wildman–Crippen MR) is 105 cm³/mol. The van der Waals surface area contributed by atoms with Gasteiger partial charge in [-0.3, -0.25) is 14.0 Å². The number of aromatic amines is 1. The van der Waals surface area contributed by atoms with Crippen LogP contribution in [0.4, 0.5) is 10.2 Å². The normalized spacial score (nSPS) is 20.4. The maximum atomic E-state index is 14.9. The summed E-state index contributed by atoms with van der Waals surface area (Å²) >= 11 is 1.16. The average Bonchev–Trinajstić information content (AvgIpc) is 3.20. The molecule has 1 saturated heterocycles. The van der Waals surface area contributed by atoms with Gasteiger partial charge in [-0.25, -0.2) is 9.37 Å². The SMILES string of the molecule is CN(C)C1CCN(c2nc3c(cc2F)c(=O)c2c(=O)[nH]sc2n3C2CC2)C1. The predicted octanol–water partition coefficient (Wildman–Crippen LogP) is 1.91.